The molecule has 2 unspecified atom stereocenters. The molecule has 1 heterocycles. The van der Waals surface area contributed by atoms with Gasteiger partial charge in [-0.15, -0.1) is 6.58 Å². The van der Waals surface area contributed by atoms with Crippen LogP contribution in [0.3, 0.4) is 0 Å². The zero-order valence-electron chi connectivity index (χ0n) is 16.0. The molecule has 0 bridgehead atoms. The van der Waals surface area contributed by atoms with Gasteiger partial charge in [0.05, 0.1) is 19.3 Å². The lowest BCUT2D eigenvalue weighted by atomic mass is 9.89. The van der Waals surface area contributed by atoms with Gasteiger partial charge in [-0.3, -0.25) is 0 Å². The highest BCUT2D eigenvalue weighted by Crippen LogP contribution is 2.35. The molecule has 3 rings (SSSR count). The lowest BCUT2D eigenvalue weighted by Crippen LogP contribution is -2.23. The molecule has 0 N–H and O–H groups in total. The van der Waals surface area contributed by atoms with Crippen molar-refractivity contribution in [3.8, 4) is 16.9 Å². The molecule has 2 aromatic rings. The van der Waals surface area contributed by atoms with Crippen LogP contribution in [-0.2, 0) is 4.74 Å². The number of rotatable bonds is 7. The molecule has 0 amide bonds. The van der Waals surface area contributed by atoms with Crippen molar-refractivity contribution in [1.29, 1.82) is 0 Å². The van der Waals surface area contributed by atoms with Crippen molar-refractivity contribution in [3.05, 3.63) is 66.0 Å². The Hall–Kier alpha value is -2.27. The Morgan fingerprint density at radius 2 is 1.96 bits per heavy atom. The first-order valence-corrected chi connectivity index (χ1v) is 9.69. The zero-order valence-corrected chi connectivity index (χ0v) is 16.0. The first-order chi connectivity index (χ1) is 13.5. The van der Waals surface area contributed by atoms with Gasteiger partial charge in [-0.2, -0.15) is 0 Å². The van der Waals surface area contributed by atoms with Crippen molar-refractivity contribution >= 4 is 0 Å². The summed E-state index contributed by atoms with van der Waals surface area (Å²) in [4.78, 5) is 0. The number of unbranched alkanes of at least 4 members (excludes halogenated alkanes) is 1. The summed E-state index contributed by atoms with van der Waals surface area (Å²) >= 11 is 0. The van der Waals surface area contributed by atoms with E-state index in [1.165, 1.54) is 18.2 Å². The Balaban J connectivity index is 1.81. The van der Waals surface area contributed by atoms with Gasteiger partial charge in [0.15, 0.2) is 23.2 Å². The van der Waals surface area contributed by atoms with Crippen LogP contribution >= 0.6 is 0 Å². The number of hydrogen-bond donors (Lipinski definition) is 0. The van der Waals surface area contributed by atoms with Crippen LogP contribution in [0.25, 0.3) is 11.1 Å². The van der Waals surface area contributed by atoms with Gasteiger partial charge < -0.3 is 9.47 Å². The van der Waals surface area contributed by atoms with Gasteiger partial charge in [0, 0.05) is 11.5 Å². The Labute approximate surface area is 164 Å². The standard InChI is InChI=1S/C23H25F3O2/c1-3-5-12-27-21-11-7-15(13-20(21)24)18-9-10-19(23(26)22(18)25)16-6-8-17(4-2)28-14-16/h4,7,9-11,13,16-17H,2-3,5-6,8,12,14H2,1H3. The minimum Gasteiger partial charge on any atom is -0.491 e. The van der Waals surface area contributed by atoms with Crippen molar-refractivity contribution in [3.63, 3.8) is 0 Å². The lowest BCUT2D eigenvalue weighted by Gasteiger charge is -2.28. The number of ether oxygens (including phenoxy) is 2. The monoisotopic (exact) mass is 390 g/mol. The molecule has 2 nitrogen and oxygen atoms in total. The maximum Gasteiger partial charge on any atom is 0.166 e. The van der Waals surface area contributed by atoms with Crippen LogP contribution in [-0.4, -0.2) is 19.3 Å². The Bertz CT molecular complexity index is 827. The molecule has 0 aliphatic carbocycles. The van der Waals surface area contributed by atoms with Crippen LogP contribution in [0.4, 0.5) is 13.2 Å². The Kier molecular flexibility index (Phi) is 6.79. The average Bonchev–Trinajstić information content (AvgIpc) is 2.71. The van der Waals surface area contributed by atoms with E-state index in [9.17, 15) is 13.2 Å². The first kappa shape index (κ1) is 20.5. The maximum absolute atomic E-state index is 14.7. The summed E-state index contributed by atoms with van der Waals surface area (Å²) in [5.74, 6) is -2.54. The van der Waals surface area contributed by atoms with Gasteiger partial charge in [0.25, 0.3) is 0 Å². The predicted octanol–water partition coefficient (Wildman–Crippen LogP) is 6.40. The molecule has 1 fully saturated rings. The van der Waals surface area contributed by atoms with E-state index in [-0.39, 0.29) is 28.9 Å². The number of halogens is 3. The second kappa shape index (κ2) is 9.28. The van der Waals surface area contributed by atoms with Gasteiger partial charge in [0.2, 0.25) is 0 Å². The van der Waals surface area contributed by atoms with Crippen LogP contribution in [0.2, 0.25) is 0 Å². The molecule has 150 valence electrons. The third-order valence-electron chi connectivity index (χ3n) is 5.12. The van der Waals surface area contributed by atoms with E-state index in [0.717, 1.165) is 19.3 Å². The van der Waals surface area contributed by atoms with Crippen LogP contribution in [0.1, 0.15) is 44.1 Å². The molecule has 0 radical (unpaired) electrons. The summed E-state index contributed by atoms with van der Waals surface area (Å²) in [6.45, 7) is 6.45. The van der Waals surface area contributed by atoms with Crippen LogP contribution < -0.4 is 4.74 Å². The Morgan fingerprint density at radius 1 is 1.14 bits per heavy atom. The SMILES string of the molecule is C=CC1CCC(c2ccc(-c3ccc(OCCCC)c(F)c3)c(F)c2F)CO1. The Morgan fingerprint density at radius 3 is 2.61 bits per heavy atom. The van der Waals surface area contributed by atoms with Gasteiger partial charge >= 0.3 is 0 Å². The molecule has 2 aromatic carbocycles. The van der Waals surface area contributed by atoms with Crippen molar-refractivity contribution in [2.45, 2.75) is 44.6 Å². The number of benzene rings is 2. The molecular weight excluding hydrogens is 365 g/mol. The van der Waals surface area contributed by atoms with E-state index < -0.39 is 17.5 Å². The fraction of sp³-hybridized carbons (Fsp3) is 0.391. The summed E-state index contributed by atoms with van der Waals surface area (Å²) in [6, 6.07) is 7.24. The van der Waals surface area contributed by atoms with Crippen molar-refractivity contribution in [1.82, 2.24) is 0 Å². The fourth-order valence-corrected chi connectivity index (χ4v) is 3.42. The van der Waals surface area contributed by atoms with Gasteiger partial charge in [0.1, 0.15) is 0 Å². The van der Waals surface area contributed by atoms with Gasteiger partial charge in [-0.1, -0.05) is 37.6 Å². The highest BCUT2D eigenvalue weighted by molar-refractivity contribution is 5.66. The third kappa shape index (κ3) is 4.41. The first-order valence-electron chi connectivity index (χ1n) is 9.69. The summed E-state index contributed by atoms with van der Waals surface area (Å²) in [6.07, 6.45) is 4.87. The highest BCUT2D eigenvalue weighted by atomic mass is 19.2. The molecule has 1 aliphatic rings. The van der Waals surface area contributed by atoms with Crippen LogP contribution in [0.5, 0.6) is 5.75 Å². The molecule has 0 spiro atoms. The molecule has 2 atom stereocenters. The molecule has 0 saturated carbocycles. The van der Waals surface area contributed by atoms with E-state index in [1.807, 2.05) is 6.92 Å². The van der Waals surface area contributed by atoms with Crippen molar-refractivity contribution in [2.24, 2.45) is 0 Å². The average molecular weight is 390 g/mol. The molecule has 1 saturated heterocycles. The summed E-state index contributed by atoms with van der Waals surface area (Å²) in [5.41, 5.74) is 0.597. The van der Waals surface area contributed by atoms with Gasteiger partial charge in [-0.05, 0) is 42.5 Å². The van der Waals surface area contributed by atoms with Gasteiger partial charge in [-0.25, -0.2) is 13.2 Å². The molecule has 5 heteroatoms. The molecule has 28 heavy (non-hydrogen) atoms. The smallest absolute Gasteiger partial charge is 0.166 e. The van der Waals surface area contributed by atoms with Crippen LogP contribution in [0.15, 0.2) is 43.0 Å². The molecule has 0 aromatic heterocycles. The summed E-state index contributed by atoms with van der Waals surface area (Å²) < 4.78 is 54.7. The number of hydrogen-bond acceptors (Lipinski definition) is 2. The van der Waals surface area contributed by atoms with E-state index in [4.69, 9.17) is 9.47 Å². The molecular formula is C23H25F3O2. The van der Waals surface area contributed by atoms with E-state index in [0.29, 0.717) is 25.2 Å². The van der Waals surface area contributed by atoms with E-state index >= 15 is 0 Å². The van der Waals surface area contributed by atoms with E-state index in [2.05, 4.69) is 6.58 Å². The quantitative estimate of drug-likeness (QED) is 0.402. The summed E-state index contributed by atoms with van der Waals surface area (Å²) in [7, 11) is 0. The largest absolute Gasteiger partial charge is 0.491 e. The second-order valence-corrected chi connectivity index (χ2v) is 7.06. The minimum atomic E-state index is -0.970. The lowest BCUT2D eigenvalue weighted by molar-refractivity contribution is 0.0320. The summed E-state index contributed by atoms with van der Waals surface area (Å²) in [5, 5.41) is 0. The normalized spacial score (nSPS) is 19.4. The fourth-order valence-electron chi connectivity index (χ4n) is 3.42. The zero-order chi connectivity index (χ0) is 20.1. The topological polar surface area (TPSA) is 18.5 Å². The third-order valence-corrected chi connectivity index (χ3v) is 5.12. The van der Waals surface area contributed by atoms with Crippen LogP contribution in [0, 0.1) is 17.5 Å². The minimum absolute atomic E-state index is 0.0287. The maximum atomic E-state index is 14.7. The van der Waals surface area contributed by atoms with Crippen molar-refractivity contribution < 1.29 is 22.6 Å². The highest BCUT2D eigenvalue weighted by Gasteiger charge is 2.26. The predicted molar refractivity (Wildman–Crippen MR) is 104 cm³/mol. The second-order valence-electron chi connectivity index (χ2n) is 7.06. The van der Waals surface area contributed by atoms with Crippen molar-refractivity contribution in [2.75, 3.05) is 13.2 Å². The molecule has 1 aliphatic heterocycles. The van der Waals surface area contributed by atoms with E-state index in [1.54, 1.807) is 18.2 Å².